The van der Waals surface area contributed by atoms with Crippen LogP contribution in [0.3, 0.4) is 0 Å². The third-order valence-corrected chi connectivity index (χ3v) is 3.24. The normalized spacial score (nSPS) is 11.3. The smallest absolute Gasteiger partial charge is 0.253 e. The van der Waals surface area contributed by atoms with E-state index in [1.54, 1.807) is 0 Å². The lowest BCUT2D eigenvalue weighted by atomic mass is 10.1. The largest absolute Gasteiger partial charge is 0.381 e. The predicted octanol–water partition coefficient (Wildman–Crippen LogP) is 3.16. The highest BCUT2D eigenvalue weighted by Crippen LogP contribution is 2.17. The van der Waals surface area contributed by atoms with E-state index in [2.05, 4.69) is 29.1 Å². The van der Waals surface area contributed by atoms with E-state index in [4.69, 9.17) is 17.0 Å². The summed E-state index contributed by atoms with van der Waals surface area (Å²) in [5, 5.41) is 2.76. The molecule has 1 aromatic heterocycles. The second-order valence-corrected chi connectivity index (χ2v) is 5.94. The van der Waals surface area contributed by atoms with Crippen molar-refractivity contribution >= 4 is 29.2 Å². The molecule has 3 N–H and O–H groups in total. The monoisotopic (exact) mass is 325 g/mol. The number of H-pyrrole nitrogens is 2. The van der Waals surface area contributed by atoms with Crippen molar-refractivity contribution in [2.75, 3.05) is 19.8 Å². The summed E-state index contributed by atoms with van der Waals surface area (Å²) in [6.45, 7) is 5.93. The van der Waals surface area contributed by atoms with Crippen molar-refractivity contribution in [1.29, 1.82) is 0 Å². The number of rotatable bonds is 7. The minimum Gasteiger partial charge on any atom is -0.381 e. The molecule has 0 aliphatic carbocycles. The number of ether oxygens (including phenoxy) is 1. The Morgan fingerprint density at radius 2 is 2.18 bits per heavy atom. The number of halogens is 1. The summed E-state index contributed by atoms with van der Waals surface area (Å²) in [7, 11) is 0. The van der Waals surface area contributed by atoms with Gasteiger partial charge in [0.05, 0.1) is 16.6 Å². The average Bonchev–Trinajstić information content (AvgIpc) is 2.81. The molecule has 0 spiro atoms. The summed E-state index contributed by atoms with van der Waals surface area (Å²) in [5.74, 6) is -0.325. The quantitative estimate of drug-likeness (QED) is 0.541. The fraction of sp³-hybridized carbons (Fsp3) is 0.467. The zero-order valence-electron chi connectivity index (χ0n) is 12.7. The molecule has 0 atom stereocenters. The summed E-state index contributed by atoms with van der Waals surface area (Å²) in [6.07, 6.45) is 0.708. The van der Waals surface area contributed by atoms with Gasteiger partial charge in [-0.05, 0) is 36.7 Å². The minimum atomic E-state index is -0.483. The molecule has 0 unspecified atom stereocenters. The van der Waals surface area contributed by atoms with Gasteiger partial charge < -0.3 is 20.0 Å². The molecular weight excluding hydrogens is 305 g/mol. The number of hydrogen-bond donors (Lipinski definition) is 3. The van der Waals surface area contributed by atoms with Crippen LogP contribution < -0.4 is 5.32 Å². The Morgan fingerprint density at radius 1 is 1.41 bits per heavy atom. The predicted molar refractivity (Wildman–Crippen MR) is 86.0 cm³/mol. The summed E-state index contributed by atoms with van der Waals surface area (Å²) in [4.78, 5) is 17.8. The van der Waals surface area contributed by atoms with Crippen LogP contribution >= 0.6 is 12.2 Å². The van der Waals surface area contributed by atoms with E-state index in [1.165, 1.54) is 12.1 Å². The average molecular weight is 325 g/mol. The molecule has 0 aliphatic heterocycles. The molecule has 22 heavy (non-hydrogen) atoms. The Hall–Kier alpha value is -1.73. The van der Waals surface area contributed by atoms with Crippen LogP contribution in [0.4, 0.5) is 4.39 Å². The maximum Gasteiger partial charge on any atom is 0.253 e. The summed E-state index contributed by atoms with van der Waals surface area (Å²) >= 11 is 4.98. The number of benzene rings is 1. The molecule has 2 rings (SSSR count). The van der Waals surface area contributed by atoms with Crippen molar-refractivity contribution in [1.82, 2.24) is 15.3 Å². The highest BCUT2D eigenvalue weighted by Gasteiger charge is 2.13. The van der Waals surface area contributed by atoms with Gasteiger partial charge in [-0.15, -0.1) is 0 Å². The molecule has 0 fully saturated rings. The van der Waals surface area contributed by atoms with Crippen molar-refractivity contribution < 1.29 is 13.9 Å². The van der Waals surface area contributed by atoms with Gasteiger partial charge in [-0.2, -0.15) is 0 Å². The number of aromatic amines is 2. The number of aromatic nitrogens is 2. The zero-order chi connectivity index (χ0) is 16.1. The number of carbonyl (C=O) groups is 1. The van der Waals surface area contributed by atoms with Crippen LogP contribution in [-0.4, -0.2) is 35.6 Å². The van der Waals surface area contributed by atoms with Crippen molar-refractivity contribution in [3.8, 4) is 0 Å². The molecule has 7 heteroatoms. The first kappa shape index (κ1) is 16.6. The van der Waals surface area contributed by atoms with Gasteiger partial charge in [0.1, 0.15) is 5.82 Å². The SMILES string of the molecule is CC(C)COCCCNC(=O)c1cc(F)cc2[nH]c(=S)[nH]c12. The Bertz CT molecular complexity index is 708. The Kier molecular flexibility index (Phi) is 5.68. The fourth-order valence-corrected chi connectivity index (χ4v) is 2.29. The van der Waals surface area contributed by atoms with E-state index < -0.39 is 5.82 Å². The number of imidazole rings is 1. The van der Waals surface area contributed by atoms with Crippen LogP contribution in [0.25, 0.3) is 11.0 Å². The molecule has 0 saturated heterocycles. The van der Waals surface area contributed by atoms with Gasteiger partial charge in [-0.1, -0.05) is 13.8 Å². The fourth-order valence-electron chi connectivity index (χ4n) is 2.08. The lowest BCUT2D eigenvalue weighted by molar-refractivity contribution is 0.0926. The van der Waals surface area contributed by atoms with Gasteiger partial charge in [0, 0.05) is 19.8 Å². The van der Waals surface area contributed by atoms with Gasteiger partial charge in [-0.25, -0.2) is 4.39 Å². The highest BCUT2D eigenvalue weighted by molar-refractivity contribution is 7.71. The van der Waals surface area contributed by atoms with E-state index in [1.807, 2.05) is 0 Å². The first-order valence-electron chi connectivity index (χ1n) is 7.25. The molecular formula is C15H20FN3O2S. The third kappa shape index (κ3) is 4.38. The van der Waals surface area contributed by atoms with Crippen LogP contribution in [0.1, 0.15) is 30.6 Å². The maximum atomic E-state index is 13.6. The van der Waals surface area contributed by atoms with Crippen LogP contribution in [0.5, 0.6) is 0 Å². The molecule has 0 radical (unpaired) electrons. The van der Waals surface area contributed by atoms with Crippen molar-refractivity contribution in [2.24, 2.45) is 5.92 Å². The van der Waals surface area contributed by atoms with Crippen molar-refractivity contribution in [3.63, 3.8) is 0 Å². The Morgan fingerprint density at radius 3 is 2.91 bits per heavy atom. The van der Waals surface area contributed by atoms with E-state index in [0.29, 0.717) is 47.9 Å². The molecule has 5 nitrogen and oxygen atoms in total. The Balaban J connectivity index is 1.94. The number of fused-ring (bicyclic) bond motifs is 1. The number of hydrogen-bond acceptors (Lipinski definition) is 3. The third-order valence-electron chi connectivity index (χ3n) is 3.04. The van der Waals surface area contributed by atoms with Gasteiger partial charge >= 0.3 is 0 Å². The second kappa shape index (κ2) is 7.51. The number of carbonyl (C=O) groups excluding carboxylic acids is 1. The van der Waals surface area contributed by atoms with E-state index in [-0.39, 0.29) is 11.5 Å². The maximum absolute atomic E-state index is 13.6. The number of amides is 1. The topological polar surface area (TPSA) is 69.9 Å². The molecule has 0 bridgehead atoms. The van der Waals surface area contributed by atoms with Gasteiger partial charge in [0.2, 0.25) is 0 Å². The van der Waals surface area contributed by atoms with Crippen LogP contribution in [0, 0.1) is 16.5 Å². The lowest BCUT2D eigenvalue weighted by Crippen LogP contribution is -2.25. The Labute approximate surface area is 133 Å². The first-order valence-corrected chi connectivity index (χ1v) is 7.65. The zero-order valence-corrected chi connectivity index (χ0v) is 13.5. The van der Waals surface area contributed by atoms with E-state index in [9.17, 15) is 9.18 Å². The molecule has 1 heterocycles. The van der Waals surface area contributed by atoms with Crippen LogP contribution in [0.2, 0.25) is 0 Å². The standard InChI is InChI=1S/C15H20FN3O2S/c1-9(2)8-21-5-3-4-17-14(20)11-6-10(16)7-12-13(11)19-15(22)18-12/h6-7,9H,3-5,8H2,1-2H3,(H,17,20)(H2,18,19,22). The van der Waals surface area contributed by atoms with Gasteiger partial charge in [-0.3, -0.25) is 4.79 Å². The second-order valence-electron chi connectivity index (χ2n) is 5.53. The van der Waals surface area contributed by atoms with E-state index in [0.717, 1.165) is 0 Å². The molecule has 2 aromatic rings. The molecule has 1 aromatic carbocycles. The summed E-state index contributed by atoms with van der Waals surface area (Å²) in [6, 6.07) is 2.50. The molecule has 120 valence electrons. The van der Waals surface area contributed by atoms with E-state index >= 15 is 0 Å². The first-order chi connectivity index (χ1) is 10.5. The summed E-state index contributed by atoms with van der Waals surface area (Å²) < 4.78 is 19.4. The molecule has 0 saturated carbocycles. The summed E-state index contributed by atoms with van der Waals surface area (Å²) in [5.41, 5.74) is 1.24. The molecule has 0 aliphatic rings. The lowest BCUT2D eigenvalue weighted by Gasteiger charge is -2.08. The van der Waals surface area contributed by atoms with Crippen LogP contribution in [0.15, 0.2) is 12.1 Å². The minimum absolute atomic E-state index is 0.241. The highest BCUT2D eigenvalue weighted by atomic mass is 32.1. The van der Waals surface area contributed by atoms with Gasteiger partial charge in [0.15, 0.2) is 4.77 Å². The van der Waals surface area contributed by atoms with Crippen molar-refractivity contribution in [2.45, 2.75) is 20.3 Å². The van der Waals surface area contributed by atoms with Crippen molar-refractivity contribution in [3.05, 3.63) is 28.3 Å². The van der Waals surface area contributed by atoms with Gasteiger partial charge in [0.25, 0.3) is 5.91 Å². The number of nitrogens with one attached hydrogen (secondary N) is 3. The van der Waals surface area contributed by atoms with Crippen LogP contribution in [-0.2, 0) is 4.74 Å². The molecule has 1 amide bonds.